The van der Waals surface area contributed by atoms with Gasteiger partial charge >= 0.3 is 0 Å². The molecule has 21 heavy (non-hydrogen) atoms. The van der Waals surface area contributed by atoms with Crippen LogP contribution in [0.1, 0.15) is 13.3 Å². The number of aliphatic hydroxyl groups excluding tert-OH is 1. The molecular formula is C14H19N3O4. The normalized spacial score (nSPS) is 22.8. The Kier molecular flexibility index (Phi) is 4.87. The van der Waals surface area contributed by atoms with Crippen LogP contribution in [0.25, 0.3) is 0 Å². The topological polar surface area (TPSA) is 95.7 Å². The molecule has 1 aliphatic heterocycles. The Morgan fingerprint density at radius 2 is 2.24 bits per heavy atom. The van der Waals surface area contributed by atoms with E-state index in [1.54, 1.807) is 12.1 Å². The maximum Gasteiger partial charge on any atom is 0.292 e. The van der Waals surface area contributed by atoms with Gasteiger partial charge in [0.15, 0.2) is 0 Å². The van der Waals surface area contributed by atoms with E-state index in [0.29, 0.717) is 19.5 Å². The number of aliphatic hydroxyl groups is 1. The molecule has 1 aromatic carbocycles. The van der Waals surface area contributed by atoms with E-state index in [1.807, 2.05) is 11.8 Å². The van der Waals surface area contributed by atoms with Crippen LogP contribution < -0.4 is 5.32 Å². The minimum absolute atomic E-state index is 0.117. The summed E-state index contributed by atoms with van der Waals surface area (Å²) in [5.74, 6) is -0.162. The van der Waals surface area contributed by atoms with E-state index in [0.717, 1.165) is 0 Å². The Balaban J connectivity index is 1.95. The van der Waals surface area contributed by atoms with Gasteiger partial charge < -0.3 is 10.4 Å². The summed E-state index contributed by atoms with van der Waals surface area (Å²) >= 11 is 0. The predicted octanol–water partition coefficient (Wildman–Crippen LogP) is 1.24. The number of hydrogen-bond donors (Lipinski definition) is 2. The third-order valence-corrected chi connectivity index (χ3v) is 3.69. The number of para-hydroxylation sites is 2. The molecule has 0 aliphatic carbocycles. The van der Waals surface area contributed by atoms with Gasteiger partial charge in [0.05, 0.1) is 17.6 Å². The number of nitro groups is 1. The van der Waals surface area contributed by atoms with Crippen molar-refractivity contribution >= 4 is 17.3 Å². The molecule has 114 valence electrons. The quantitative estimate of drug-likeness (QED) is 0.643. The number of carbonyl (C=O) groups excluding carboxylic acids is 1. The molecule has 0 spiro atoms. The summed E-state index contributed by atoms with van der Waals surface area (Å²) in [5.41, 5.74) is 0.0888. The maximum absolute atomic E-state index is 12.0. The number of likely N-dealkylation sites (tertiary alicyclic amines) is 1. The summed E-state index contributed by atoms with van der Waals surface area (Å²) in [6, 6.07) is 6.07. The van der Waals surface area contributed by atoms with Gasteiger partial charge in [0.1, 0.15) is 5.69 Å². The molecule has 2 rings (SSSR count). The van der Waals surface area contributed by atoms with Crippen LogP contribution in [0.3, 0.4) is 0 Å². The fraction of sp³-hybridized carbons (Fsp3) is 0.500. The highest BCUT2D eigenvalue weighted by Crippen LogP contribution is 2.23. The van der Waals surface area contributed by atoms with Gasteiger partial charge in [-0.05, 0) is 18.4 Å². The highest BCUT2D eigenvalue weighted by Gasteiger charge is 2.25. The molecule has 0 aromatic heterocycles. The average Bonchev–Trinajstić information content (AvgIpc) is 2.43. The molecule has 7 heteroatoms. The SMILES string of the molecule is CC1CN(CC(=O)Nc2ccccc2[N+](=O)[O-])CCC1O. The van der Waals surface area contributed by atoms with E-state index in [2.05, 4.69) is 5.32 Å². The van der Waals surface area contributed by atoms with Crippen molar-refractivity contribution in [3.05, 3.63) is 34.4 Å². The van der Waals surface area contributed by atoms with Crippen LogP contribution in [-0.2, 0) is 4.79 Å². The molecule has 1 aromatic rings. The predicted molar refractivity (Wildman–Crippen MR) is 78.0 cm³/mol. The van der Waals surface area contributed by atoms with Gasteiger partial charge in [0, 0.05) is 19.2 Å². The van der Waals surface area contributed by atoms with E-state index in [4.69, 9.17) is 0 Å². The van der Waals surface area contributed by atoms with E-state index in [-0.39, 0.29) is 35.8 Å². The minimum atomic E-state index is -0.519. The molecule has 0 radical (unpaired) electrons. The summed E-state index contributed by atoms with van der Waals surface area (Å²) < 4.78 is 0. The van der Waals surface area contributed by atoms with Crippen LogP contribution >= 0.6 is 0 Å². The Bertz CT molecular complexity index is 535. The molecule has 1 fully saturated rings. The highest BCUT2D eigenvalue weighted by atomic mass is 16.6. The number of nitro benzene ring substituents is 1. The Morgan fingerprint density at radius 3 is 2.90 bits per heavy atom. The van der Waals surface area contributed by atoms with Crippen molar-refractivity contribution in [1.82, 2.24) is 4.90 Å². The van der Waals surface area contributed by atoms with Crippen LogP contribution in [-0.4, -0.2) is 46.6 Å². The number of amides is 1. The minimum Gasteiger partial charge on any atom is -0.393 e. The number of rotatable bonds is 4. The van der Waals surface area contributed by atoms with Crippen LogP contribution in [0.5, 0.6) is 0 Å². The van der Waals surface area contributed by atoms with Gasteiger partial charge in [-0.3, -0.25) is 19.8 Å². The largest absolute Gasteiger partial charge is 0.393 e. The summed E-state index contributed by atoms with van der Waals surface area (Å²) in [6.45, 7) is 3.40. The van der Waals surface area contributed by atoms with Gasteiger partial charge in [-0.15, -0.1) is 0 Å². The van der Waals surface area contributed by atoms with Gasteiger partial charge in [0.25, 0.3) is 5.69 Å². The smallest absolute Gasteiger partial charge is 0.292 e. The van der Waals surface area contributed by atoms with Crippen molar-refractivity contribution in [2.24, 2.45) is 5.92 Å². The zero-order valence-electron chi connectivity index (χ0n) is 11.9. The molecule has 7 nitrogen and oxygen atoms in total. The highest BCUT2D eigenvalue weighted by molar-refractivity contribution is 5.94. The van der Waals surface area contributed by atoms with E-state index in [9.17, 15) is 20.0 Å². The van der Waals surface area contributed by atoms with Gasteiger partial charge in [0.2, 0.25) is 5.91 Å². The second-order valence-corrected chi connectivity index (χ2v) is 5.39. The lowest BCUT2D eigenvalue weighted by Crippen LogP contribution is -2.45. The summed E-state index contributed by atoms with van der Waals surface area (Å²) in [5, 5.41) is 23.1. The van der Waals surface area contributed by atoms with Crippen LogP contribution in [0.4, 0.5) is 11.4 Å². The zero-order chi connectivity index (χ0) is 15.4. The molecule has 1 amide bonds. The molecule has 1 aliphatic rings. The average molecular weight is 293 g/mol. The van der Waals surface area contributed by atoms with Crippen molar-refractivity contribution in [3.63, 3.8) is 0 Å². The van der Waals surface area contributed by atoms with Crippen LogP contribution in [0.15, 0.2) is 24.3 Å². The molecule has 2 atom stereocenters. The lowest BCUT2D eigenvalue weighted by molar-refractivity contribution is -0.383. The number of hydrogen-bond acceptors (Lipinski definition) is 5. The molecule has 2 unspecified atom stereocenters. The Hall–Kier alpha value is -1.99. The summed E-state index contributed by atoms with van der Waals surface area (Å²) in [6.07, 6.45) is 0.319. The zero-order valence-corrected chi connectivity index (χ0v) is 11.9. The first-order chi connectivity index (χ1) is 9.97. The Labute approximate surface area is 122 Å². The fourth-order valence-corrected chi connectivity index (χ4v) is 2.49. The fourth-order valence-electron chi connectivity index (χ4n) is 2.49. The molecular weight excluding hydrogens is 274 g/mol. The van der Waals surface area contributed by atoms with Crippen molar-refractivity contribution in [1.29, 1.82) is 0 Å². The van der Waals surface area contributed by atoms with Crippen molar-refractivity contribution < 1.29 is 14.8 Å². The lowest BCUT2D eigenvalue weighted by Gasteiger charge is -2.33. The second-order valence-electron chi connectivity index (χ2n) is 5.39. The maximum atomic E-state index is 12.0. The number of carbonyl (C=O) groups is 1. The van der Waals surface area contributed by atoms with Crippen LogP contribution in [0.2, 0.25) is 0 Å². The van der Waals surface area contributed by atoms with Crippen molar-refractivity contribution in [3.8, 4) is 0 Å². The Morgan fingerprint density at radius 1 is 1.52 bits per heavy atom. The van der Waals surface area contributed by atoms with E-state index >= 15 is 0 Å². The van der Waals surface area contributed by atoms with Crippen LogP contribution in [0, 0.1) is 16.0 Å². The van der Waals surface area contributed by atoms with Gasteiger partial charge in [-0.1, -0.05) is 19.1 Å². The first-order valence-electron chi connectivity index (χ1n) is 6.91. The number of piperidine rings is 1. The molecule has 1 saturated heterocycles. The van der Waals surface area contributed by atoms with Gasteiger partial charge in [-0.25, -0.2) is 0 Å². The number of nitrogens with one attached hydrogen (secondary N) is 1. The first kappa shape index (κ1) is 15.4. The number of anilines is 1. The monoisotopic (exact) mass is 293 g/mol. The summed E-state index contributed by atoms with van der Waals surface area (Å²) in [7, 11) is 0. The number of benzene rings is 1. The molecule has 2 N–H and O–H groups in total. The van der Waals surface area contributed by atoms with E-state index in [1.165, 1.54) is 12.1 Å². The third-order valence-electron chi connectivity index (χ3n) is 3.69. The summed E-state index contributed by atoms with van der Waals surface area (Å²) in [4.78, 5) is 24.3. The van der Waals surface area contributed by atoms with Crippen molar-refractivity contribution in [2.75, 3.05) is 25.0 Å². The molecule has 0 bridgehead atoms. The second kappa shape index (κ2) is 6.64. The van der Waals surface area contributed by atoms with E-state index < -0.39 is 4.92 Å². The van der Waals surface area contributed by atoms with Crippen molar-refractivity contribution in [2.45, 2.75) is 19.4 Å². The lowest BCUT2D eigenvalue weighted by atomic mass is 9.97. The third kappa shape index (κ3) is 3.99. The standard InChI is InChI=1S/C14H19N3O4/c1-10-8-16(7-6-13(10)18)9-14(19)15-11-4-2-3-5-12(11)17(20)21/h2-5,10,13,18H,6-9H2,1H3,(H,15,19). The first-order valence-corrected chi connectivity index (χ1v) is 6.91. The number of nitrogens with zero attached hydrogens (tertiary/aromatic N) is 2. The molecule has 1 heterocycles. The molecule has 0 saturated carbocycles. The van der Waals surface area contributed by atoms with Gasteiger partial charge in [-0.2, -0.15) is 0 Å².